The van der Waals surface area contributed by atoms with Gasteiger partial charge in [-0.2, -0.15) is 5.26 Å². The first kappa shape index (κ1) is 10.1. The van der Waals surface area contributed by atoms with Gasteiger partial charge in [-0.25, -0.2) is 0 Å². The maximum atomic E-state index is 8.82. The molecule has 1 unspecified atom stereocenters. The lowest BCUT2D eigenvalue weighted by atomic mass is 10.2. The van der Waals surface area contributed by atoms with Crippen LogP contribution in [0.1, 0.15) is 5.56 Å². The van der Waals surface area contributed by atoms with Crippen LogP contribution in [0.2, 0.25) is 0 Å². The highest BCUT2D eigenvalue weighted by Crippen LogP contribution is 2.05. The van der Waals surface area contributed by atoms with Crippen molar-refractivity contribution in [2.24, 2.45) is 0 Å². The minimum atomic E-state index is -0.0320. The molecule has 15 heavy (non-hydrogen) atoms. The Morgan fingerprint density at radius 3 is 3.33 bits per heavy atom. The van der Waals surface area contributed by atoms with Gasteiger partial charge in [0.2, 0.25) is 0 Å². The van der Waals surface area contributed by atoms with E-state index in [0.717, 1.165) is 26.2 Å². The lowest BCUT2D eigenvalue weighted by Crippen LogP contribution is -2.49. The molecule has 0 bridgehead atoms. The van der Waals surface area contributed by atoms with Crippen molar-refractivity contribution < 1.29 is 0 Å². The number of nitrogens with zero attached hydrogens (tertiary/aromatic N) is 3. The Kier molecular flexibility index (Phi) is 3.28. The van der Waals surface area contributed by atoms with Crippen molar-refractivity contribution >= 4 is 0 Å². The summed E-state index contributed by atoms with van der Waals surface area (Å²) in [5.74, 6) is 0. The van der Waals surface area contributed by atoms with Crippen molar-refractivity contribution in [3.8, 4) is 6.07 Å². The van der Waals surface area contributed by atoms with Crippen LogP contribution in [0.5, 0.6) is 0 Å². The standard InChI is InChI=1S/C11H14N4/c12-6-11-9-15(5-4-14-11)8-10-2-1-3-13-7-10/h1-3,7,11,14H,4-5,8-9H2. The molecule has 1 aliphatic rings. The van der Waals surface area contributed by atoms with Gasteiger partial charge in [0.1, 0.15) is 6.04 Å². The zero-order valence-corrected chi connectivity index (χ0v) is 8.56. The van der Waals surface area contributed by atoms with Crippen LogP contribution < -0.4 is 5.32 Å². The van der Waals surface area contributed by atoms with Gasteiger partial charge >= 0.3 is 0 Å². The van der Waals surface area contributed by atoms with Gasteiger partial charge in [-0.05, 0) is 11.6 Å². The normalized spacial score (nSPS) is 22.2. The van der Waals surface area contributed by atoms with E-state index in [1.807, 2.05) is 12.3 Å². The van der Waals surface area contributed by atoms with Gasteiger partial charge in [0.05, 0.1) is 6.07 Å². The molecule has 1 aromatic rings. The fraction of sp³-hybridized carbons (Fsp3) is 0.455. The van der Waals surface area contributed by atoms with Crippen LogP contribution in [0.25, 0.3) is 0 Å². The molecule has 0 saturated carbocycles. The predicted molar refractivity (Wildman–Crippen MR) is 56.9 cm³/mol. The van der Waals surface area contributed by atoms with Crippen molar-refractivity contribution in [1.82, 2.24) is 15.2 Å². The minimum absolute atomic E-state index is 0.0320. The Morgan fingerprint density at radius 1 is 1.67 bits per heavy atom. The lowest BCUT2D eigenvalue weighted by molar-refractivity contribution is 0.212. The van der Waals surface area contributed by atoms with Crippen LogP contribution in [0.4, 0.5) is 0 Å². The largest absolute Gasteiger partial charge is 0.300 e. The van der Waals surface area contributed by atoms with Crippen molar-refractivity contribution in [1.29, 1.82) is 5.26 Å². The van der Waals surface area contributed by atoms with Gasteiger partial charge in [-0.3, -0.25) is 15.2 Å². The molecule has 0 spiro atoms. The topological polar surface area (TPSA) is 52.0 Å². The zero-order chi connectivity index (χ0) is 10.5. The highest BCUT2D eigenvalue weighted by molar-refractivity contribution is 5.09. The van der Waals surface area contributed by atoms with Gasteiger partial charge in [0.25, 0.3) is 0 Å². The van der Waals surface area contributed by atoms with Crippen LogP contribution >= 0.6 is 0 Å². The number of nitrogens with one attached hydrogen (secondary N) is 1. The maximum Gasteiger partial charge on any atom is 0.108 e. The summed E-state index contributed by atoms with van der Waals surface area (Å²) in [5, 5.41) is 12.0. The van der Waals surface area contributed by atoms with Gasteiger partial charge in [-0.15, -0.1) is 0 Å². The molecule has 1 aliphatic heterocycles. The molecule has 4 heteroatoms. The molecule has 1 saturated heterocycles. The van der Waals surface area contributed by atoms with Crippen molar-refractivity contribution in [2.45, 2.75) is 12.6 Å². The second kappa shape index (κ2) is 4.87. The monoisotopic (exact) mass is 202 g/mol. The number of aromatic nitrogens is 1. The average Bonchev–Trinajstić information content (AvgIpc) is 2.31. The molecular weight excluding hydrogens is 188 g/mol. The second-order valence-electron chi connectivity index (χ2n) is 3.73. The summed E-state index contributed by atoms with van der Waals surface area (Å²) in [6.07, 6.45) is 3.66. The van der Waals surface area contributed by atoms with E-state index in [4.69, 9.17) is 5.26 Å². The SMILES string of the molecule is N#CC1CN(Cc2cccnc2)CCN1. The van der Waals surface area contributed by atoms with Crippen LogP contribution in [-0.4, -0.2) is 35.6 Å². The first-order valence-corrected chi connectivity index (χ1v) is 5.13. The number of pyridine rings is 1. The number of hydrogen-bond acceptors (Lipinski definition) is 4. The Bertz CT molecular complexity index is 343. The zero-order valence-electron chi connectivity index (χ0n) is 8.56. The van der Waals surface area contributed by atoms with Crippen LogP contribution in [0, 0.1) is 11.3 Å². The summed E-state index contributed by atoms with van der Waals surface area (Å²) in [6.45, 7) is 3.56. The summed E-state index contributed by atoms with van der Waals surface area (Å²) in [6, 6.07) is 6.23. The fourth-order valence-corrected chi connectivity index (χ4v) is 1.79. The first-order chi connectivity index (χ1) is 7.38. The molecule has 0 aliphatic carbocycles. The molecule has 0 amide bonds. The summed E-state index contributed by atoms with van der Waals surface area (Å²) in [4.78, 5) is 6.36. The lowest BCUT2D eigenvalue weighted by Gasteiger charge is -2.30. The summed E-state index contributed by atoms with van der Waals surface area (Å²) in [5.41, 5.74) is 1.20. The molecule has 0 radical (unpaired) electrons. The van der Waals surface area contributed by atoms with E-state index in [9.17, 15) is 0 Å². The number of hydrogen-bond donors (Lipinski definition) is 1. The third-order valence-corrected chi connectivity index (χ3v) is 2.54. The van der Waals surface area contributed by atoms with Crippen molar-refractivity contribution in [2.75, 3.05) is 19.6 Å². The van der Waals surface area contributed by atoms with Crippen molar-refractivity contribution in [3.05, 3.63) is 30.1 Å². The van der Waals surface area contributed by atoms with Crippen molar-refractivity contribution in [3.63, 3.8) is 0 Å². The van der Waals surface area contributed by atoms with Gasteiger partial charge < -0.3 is 0 Å². The molecule has 2 heterocycles. The van der Waals surface area contributed by atoms with Gasteiger partial charge in [0, 0.05) is 38.6 Å². The van der Waals surface area contributed by atoms with Crippen LogP contribution in [0.3, 0.4) is 0 Å². The maximum absolute atomic E-state index is 8.82. The Balaban J connectivity index is 1.93. The Labute approximate surface area is 89.5 Å². The van der Waals surface area contributed by atoms with E-state index >= 15 is 0 Å². The molecular formula is C11H14N4. The molecule has 1 aromatic heterocycles. The van der Waals surface area contributed by atoms with Gasteiger partial charge in [-0.1, -0.05) is 6.07 Å². The molecule has 2 rings (SSSR count). The summed E-state index contributed by atoms with van der Waals surface area (Å²) >= 11 is 0. The summed E-state index contributed by atoms with van der Waals surface area (Å²) in [7, 11) is 0. The van der Waals surface area contributed by atoms with Crippen LogP contribution in [0.15, 0.2) is 24.5 Å². The molecule has 4 nitrogen and oxygen atoms in total. The average molecular weight is 202 g/mol. The molecule has 1 atom stereocenters. The quantitative estimate of drug-likeness (QED) is 0.753. The first-order valence-electron chi connectivity index (χ1n) is 5.13. The molecule has 0 aromatic carbocycles. The summed E-state index contributed by atoms with van der Waals surface area (Å²) < 4.78 is 0. The smallest absolute Gasteiger partial charge is 0.108 e. The van der Waals surface area contributed by atoms with E-state index in [-0.39, 0.29) is 6.04 Å². The van der Waals surface area contributed by atoms with Crippen LogP contribution in [-0.2, 0) is 6.54 Å². The number of nitriles is 1. The molecule has 1 fully saturated rings. The predicted octanol–water partition coefficient (Wildman–Crippen LogP) is 0.379. The number of piperazine rings is 1. The molecule has 78 valence electrons. The van der Waals surface area contributed by atoms with E-state index in [0.29, 0.717) is 0 Å². The van der Waals surface area contributed by atoms with E-state index in [1.54, 1.807) is 6.20 Å². The second-order valence-corrected chi connectivity index (χ2v) is 3.73. The fourth-order valence-electron chi connectivity index (χ4n) is 1.79. The van der Waals surface area contributed by atoms with E-state index in [2.05, 4.69) is 27.3 Å². The highest BCUT2D eigenvalue weighted by Gasteiger charge is 2.18. The highest BCUT2D eigenvalue weighted by atomic mass is 15.2. The minimum Gasteiger partial charge on any atom is -0.300 e. The molecule has 1 N–H and O–H groups in total. The Morgan fingerprint density at radius 2 is 2.60 bits per heavy atom. The number of rotatable bonds is 2. The van der Waals surface area contributed by atoms with E-state index in [1.165, 1.54) is 5.56 Å². The Hall–Kier alpha value is -1.44. The van der Waals surface area contributed by atoms with Gasteiger partial charge in [0.15, 0.2) is 0 Å². The third-order valence-electron chi connectivity index (χ3n) is 2.54. The third kappa shape index (κ3) is 2.75. The van der Waals surface area contributed by atoms with E-state index < -0.39 is 0 Å².